The third-order valence-electron chi connectivity index (χ3n) is 2.77. The third kappa shape index (κ3) is 3.95. The summed E-state index contributed by atoms with van der Waals surface area (Å²) in [6.45, 7) is 8.60. The predicted octanol–water partition coefficient (Wildman–Crippen LogP) is 3.96. The second kappa shape index (κ2) is 6.94. The summed E-state index contributed by atoms with van der Waals surface area (Å²) in [7, 11) is 0. The molecule has 0 bridgehead atoms. The molecule has 4 heteroatoms. The van der Waals surface area contributed by atoms with Gasteiger partial charge >= 0.3 is 0 Å². The van der Waals surface area contributed by atoms with Crippen molar-refractivity contribution in [3.63, 3.8) is 0 Å². The van der Waals surface area contributed by atoms with Gasteiger partial charge in [-0.15, -0.1) is 0 Å². The van der Waals surface area contributed by atoms with E-state index < -0.39 is 0 Å². The summed E-state index contributed by atoms with van der Waals surface area (Å²) in [5.74, 6) is 0.952. The van der Waals surface area contributed by atoms with Crippen molar-refractivity contribution in [2.75, 3.05) is 5.32 Å². The monoisotopic (exact) mass is 299 g/mol. The van der Waals surface area contributed by atoms with E-state index in [9.17, 15) is 0 Å². The molecule has 0 fully saturated rings. The lowest BCUT2D eigenvalue weighted by atomic mass is 10.2. The number of anilines is 1. The van der Waals surface area contributed by atoms with Gasteiger partial charge in [0.2, 0.25) is 0 Å². The molecule has 1 heterocycles. The van der Waals surface area contributed by atoms with Gasteiger partial charge in [0.1, 0.15) is 10.4 Å². The van der Waals surface area contributed by atoms with Gasteiger partial charge in [0.05, 0.1) is 11.4 Å². The summed E-state index contributed by atoms with van der Waals surface area (Å²) in [6.07, 6.45) is 4.13. The average Bonchev–Trinajstić information content (AvgIpc) is 2.31. The van der Waals surface area contributed by atoms with Crippen LogP contribution < -0.4 is 5.32 Å². The third-order valence-corrected chi connectivity index (χ3v) is 3.40. The number of nitrogens with one attached hydrogen (secondary N) is 1. The molecule has 0 aliphatic carbocycles. The molecule has 17 heavy (non-hydrogen) atoms. The maximum absolute atomic E-state index is 4.66. The Morgan fingerprint density at radius 2 is 1.76 bits per heavy atom. The minimum atomic E-state index is 0.450. The number of hydrogen-bond acceptors (Lipinski definition) is 3. The van der Waals surface area contributed by atoms with Crippen molar-refractivity contribution in [1.82, 2.24) is 9.97 Å². The Hall–Kier alpha value is -0.640. The summed E-state index contributed by atoms with van der Waals surface area (Å²) in [4.78, 5) is 9.23. The summed E-state index contributed by atoms with van der Waals surface area (Å²) < 4.78 is 0.880. The Kier molecular flexibility index (Phi) is 5.89. The van der Waals surface area contributed by atoms with Crippen molar-refractivity contribution in [1.29, 1.82) is 0 Å². The topological polar surface area (TPSA) is 37.8 Å². The highest BCUT2D eigenvalue weighted by molar-refractivity contribution is 9.10. The van der Waals surface area contributed by atoms with Crippen molar-refractivity contribution in [2.45, 2.75) is 59.4 Å². The number of aromatic nitrogens is 2. The van der Waals surface area contributed by atoms with E-state index in [1.807, 2.05) is 0 Å². The molecule has 3 nitrogen and oxygen atoms in total. The Bertz CT molecular complexity index is 366. The molecule has 1 aromatic rings. The minimum absolute atomic E-state index is 0.450. The summed E-state index contributed by atoms with van der Waals surface area (Å²) in [5.41, 5.74) is 2.06. The van der Waals surface area contributed by atoms with Gasteiger partial charge in [-0.3, -0.25) is 0 Å². The zero-order valence-electron chi connectivity index (χ0n) is 11.2. The zero-order valence-corrected chi connectivity index (χ0v) is 12.8. The Balaban J connectivity index is 2.95. The predicted molar refractivity (Wildman–Crippen MR) is 76.5 cm³/mol. The van der Waals surface area contributed by atoms with Gasteiger partial charge in [-0.25, -0.2) is 9.97 Å². The van der Waals surface area contributed by atoms with Gasteiger partial charge in [-0.2, -0.15) is 0 Å². The SMILES string of the molecule is CCCC(C)Nc1nc(CC)c(Br)nc1CC. The van der Waals surface area contributed by atoms with E-state index in [1.165, 1.54) is 6.42 Å². The molecule has 96 valence electrons. The molecule has 0 aromatic carbocycles. The first kappa shape index (κ1) is 14.4. The number of halogens is 1. The molecule has 0 spiro atoms. The molecular formula is C13H22BrN3. The average molecular weight is 300 g/mol. The highest BCUT2D eigenvalue weighted by Gasteiger charge is 2.11. The van der Waals surface area contributed by atoms with E-state index in [1.54, 1.807) is 0 Å². The quantitative estimate of drug-likeness (QED) is 0.864. The van der Waals surface area contributed by atoms with Gasteiger partial charge in [-0.1, -0.05) is 27.2 Å². The van der Waals surface area contributed by atoms with E-state index in [2.05, 4.69) is 58.9 Å². The lowest BCUT2D eigenvalue weighted by Gasteiger charge is -2.17. The Morgan fingerprint density at radius 3 is 2.29 bits per heavy atom. The molecule has 0 saturated carbocycles. The lowest BCUT2D eigenvalue weighted by Crippen LogP contribution is -2.18. The van der Waals surface area contributed by atoms with Crippen LogP contribution in [0.2, 0.25) is 0 Å². The fraction of sp³-hybridized carbons (Fsp3) is 0.692. The fourth-order valence-corrected chi connectivity index (χ4v) is 2.39. The van der Waals surface area contributed by atoms with Crippen LogP contribution in [0.1, 0.15) is 51.9 Å². The second-order valence-electron chi connectivity index (χ2n) is 4.30. The van der Waals surface area contributed by atoms with Gasteiger partial charge < -0.3 is 5.32 Å². The fourth-order valence-electron chi connectivity index (χ4n) is 1.81. The molecule has 1 N–H and O–H groups in total. The molecule has 0 saturated heterocycles. The molecule has 0 radical (unpaired) electrons. The Labute approximate surface area is 113 Å². The zero-order chi connectivity index (χ0) is 12.8. The summed E-state index contributed by atoms with van der Waals surface area (Å²) in [6, 6.07) is 0.450. The van der Waals surface area contributed by atoms with Crippen LogP contribution in [0.5, 0.6) is 0 Å². The molecule has 1 aromatic heterocycles. The molecule has 0 amide bonds. The first-order valence-electron chi connectivity index (χ1n) is 6.44. The summed E-state index contributed by atoms with van der Waals surface area (Å²) >= 11 is 3.48. The minimum Gasteiger partial charge on any atom is -0.366 e. The van der Waals surface area contributed by atoms with Gasteiger partial charge in [0, 0.05) is 6.04 Å². The maximum Gasteiger partial charge on any atom is 0.148 e. The highest BCUT2D eigenvalue weighted by atomic mass is 79.9. The molecule has 0 aliphatic rings. The van der Waals surface area contributed by atoms with E-state index in [4.69, 9.17) is 0 Å². The number of aryl methyl sites for hydroxylation is 2. The van der Waals surface area contributed by atoms with Crippen LogP contribution in [0.15, 0.2) is 4.60 Å². The van der Waals surface area contributed by atoms with Crippen LogP contribution in [0.4, 0.5) is 5.82 Å². The Morgan fingerprint density at radius 1 is 1.12 bits per heavy atom. The van der Waals surface area contributed by atoms with Crippen LogP contribution >= 0.6 is 15.9 Å². The standard InChI is InChI=1S/C13H22BrN3/c1-5-8-9(4)15-13-11(7-3)16-12(14)10(6-2)17-13/h9H,5-8H2,1-4H3,(H,15,17). The van der Waals surface area contributed by atoms with Crippen LogP contribution in [-0.4, -0.2) is 16.0 Å². The number of hydrogen-bond donors (Lipinski definition) is 1. The normalized spacial score (nSPS) is 12.5. The van der Waals surface area contributed by atoms with Gasteiger partial charge in [0.15, 0.2) is 0 Å². The largest absolute Gasteiger partial charge is 0.366 e. The second-order valence-corrected chi connectivity index (χ2v) is 5.05. The van der Waals surface area contributed by atoms with E-state index in [-0.39, 0.29) is 0 Å². The smallest absolute Gasteiger partial charge is 0.148 e. The van der Waals surface area contributed by atoms with E-state index in [0.29, 0.717) is 6.04 Å². The molecule has 1 unspecified atom stereocenters. The molecular weight excluding hydrogens is 278 g/mol. The van der Waals surface area contributed by atoms with Crippen LogP contribution in [0, 0.1) is 0 Å². The van der Waals surface area contributed by atoms with Crippen molar-refractivity contribution in [3.8, 4) is 0 Å². The van der Waals surface area contributed by atoms with Crippen LogP contribution in [-0.2, 0) is 12.8 Å². The van der Waals surface area contributed by atoms with Crippen molar-refractivity contribution >= 4 is 21.7 Å². The maximum atomic E-state index is 4.66. The van der Waals surface area contributed by atoms with Crippen molar-refractivity contribution in [3.05, 3.63) is 16.0 Å². The lowest BCUT2D eigenvalue weighted by molar-refractivity contribution is 0.683. The van der Waals surface area contributed by atoms with Gasteiger partial charge in [0.25, 0.3) is 0 Å². The number of rotatable bonds is 6. The first-order chi connectivity index (χ1) is 8.12. The van der Waals surface area contributed by atoms with Crippen molar-refractivity contribution in [2.24, 2.45) is 0 Å². The summed E-state index contributed by atoms with van der Waals surface area (Å²) in [5, 5.41) is 3.47. The first-order valence-corrected chi connectivity index (χ1v) is 7.23. The van der Waals surface area contributed by atoms with Gasteiger partial charge in [-0.05, 0) is 42.1 Å². The molecule has 1 atom stereocenters. The molecule has 1 rings (SSSR count). The van der Waals surface area contributed by atoms with E-state index >= 15 is 0 Å². The van der Waals surface area contributed by atoms with Crippen molar-refractivity contribution < 1.29 is 0 Å². The number of nitrogens with zero attached hydrogens (tertiary/aromatic N) is 2. The molecule has 0 aliphatic heterocycles. The van der Waals surface area contributed by atoms with E-state index in [0.717, 1.165) is 41.1 Å². The van der Waals surface area contributed by atoms with Crippen LogP contribution in [0.3, 0.4) is 0 Å². The highest BCUT2D eigenvalue weighted by Crippen LogP contribution is 2.20. The van der Waals surface area contributed by atoms with Crippen LogP contribution in [0.25, 0.3) is 0 Å².